The molecule has 3 N–H and O–H groups in total. The molecular weight excluding hydrogens is 184 g/mol. The Balaban J connectivity index is 1.73. The lowest BCUT2D eigenvalue weighted by Gasteiger charge is -2.10. The van der Waals surface area contributed by atoms with Gasteiger partial charge in [0.2, 0.25) is 0 Å². The largest absolute Gasteiger partial charge is 0.399 e. The molecular formula is C13H20N2. The summed E-state index contributed by atoms with van der Waals surface area (Å²) in [6.07, 6.45) is 7.03. The van der Waals surface area contributed by atoms with E-state index in [2.05, 4.69) is 11.4 Å². The van der Waals surface area contributed by atoms with Gasteiger partial charge in [-0.2, -0.15) is 0 Å². The molecule has 1 saturated carbocycles. The summed E-state index contributed by atoms with van der Waals surface area (Å²) in [4.78, 5) is 0. The molecule has 2 heteroatoms. The van der Waals surface area contributed by atoms with Crippen LogP contribution in [-0.2, 0) is 0 Å². The van der Waals surface area contributed by atoms with Gasteiger partial charge in [-0.05, 0) is 30.5 Å². The van der Waals surface area contributed by atoms with Gasteiger partial charge < -0.3 is 11.1 Å². The van der Waals surface area contributed by atoms with E-state index >= 15 is 0 Å². The van der Waals surface area contributed by atoms with Crippen LogP contribution in [0.1, 0.15) is 32.1 Å². The van der Waals surface area contributed by atoms with Crippen LogP contribution in [0.4, 0.5) is 11.4 Å². The van der Waals surface area contributed by atoms with E-state index in [1.54, 1.807) is 0 Å². The molecule has 15 heavy (non-hydrogen) atoms. The third kappa shape index (κ3) is 3.15. The molecule has 82 valence electrons. The second kappa shape index (κ2) is 5.06. The van der Waals surface area contributed by atoms with Gasteiger partial charge in [-0.1, -0.05) is 31.7 Å². The summed E-state index contributed by atoms with van der Waals surface area (Å²) in [6.45, 7) is 1.08. The summed E-state index contributed by atoms with van der Waals surface area (Å²) in [6, 6.07) is 7.98. The lowest BCUT2D eigenvalue weighted by molar-refractivity contribution is 0.518. The zero-order valence-electron chi connectivity index (χ0n) is 9.21. The van der Waals surface area contributed by atoms with Crippen LogP contribution in [0.5, 0.6) is 0 Å². The quantitative estimate of drug-likeness (QED) is 0.739. The molecule has 2 rings (SSSR count). The maximum atomic E-state index is 5.71. The third-order valence-corrected chi connectivity index (χ3v) is 3.24. The summed E-state index contributed by atoms with van der Waals surface area (Å²) in [5.74, 6) is 0.957. The first-order chi connectivity index (χ1) is 7.34. The minimum atomic E-state index is 0.834. The van der Waals surface area contributed by atoms with Crippen molar-refractivity contribution in [2.75, 3.05) is 17.6 Å². The van der Waals surface area contributed by atoms with Gasteiger partial charge in [0, 0.05) is 17.9 Å². The van der Waals surface area contributed by atoms with E-state index in [9.17, 15) is 0 Å². The van der Waals surface area contributed by atoms with Gasteiger partial charge in [-0.3, -0.25) is 0 Å². The maximum Gasteiger partial charge on any atom is 0.0360 e. The standard InChI is InChI=1S/C13H20N2/c14-12-6-3-7-13(10-12)15-9-8-11-4-1-2-5-11/h3,6-7,10-11,15H,1-2,4-5,8-9,14H2. The van der Waals surface area contributed by atoms with Gasteiger partial charge in [0.05, 0.1) is 0 Å². The Kier molecular flexibility index (Phi) is 3.49. The molecule has 1 aromatic carbocycles. The Labute approximate surface area is 91.9 Å². The molecule has 0 atom stereocenters. The van der Waals surface area contributed by atoms with Gasteiger partial charge in [0.1, 0.15) is 0 Å². The normalized spacial score (nSPS) is 16.8. The molecule has 0 spiro atoms. The highest BCUT2D eigenvalue weighted by atomic mass is 14.9. The Morgan fingerprint density at radius 1 is 1.27 bits per heavy atom. The summed E-state index contributed by atoms with van der Waals surface area (Å²) in [7, 11) is 0. The van der Waals surface area contributed by atoms with Crippen molar-refractivity contribution in [1.82, 2.24) is 0 Å². The number of hydrogen-bond acceptors (Lipinski definition) is 2. The van der Waals surface area contributed by atoms with Crippen molar-refractivity contribution in [3.8, 4) is 0 Å². The molecule has 1 aliphatic rings. The fourth-order valence-electron chi connectivity index (χ4n) is 2.37. The number of hydrogen-bond donors (Lipinski definition) is 2. The van der Waals surface area contributed by atoms with Crippen molar-refractivity contribution in [2.24, 2.45) is 5.92 Å². The fourth-order valence-corrected chi connectivity index (χ4v) is 2.37. The van der Waals surface area contributed by atoms with Crippen LogP contribution in [0.25, 0.3) is 0 Å². The molecule has 0 unspecified atom stereocenters. The molecule has 0 saturated heterocycles. The van der Waals surface area contributed by atoms with Crippen molar-refractivity contribution in [1.29, 1.82) is 0 Å². The van der Waals surface area contributed by atoms with Crippen molar-refractivity contribution < 1.29 is 0 Å². The average Bonchev–Trinajstić information content (AvgIpc) is 2.71. The molecule has 1 aliphatic carbocycles. The second-order valence-electron chi connectivity index (χ2n) is 4.49. The predicted octanol–water partition coefficient (Wildman–Crippen LogP) is 3.26. The number of benzene rings is 1. The number of nitrogen functional groups attached to an aromatic ring is 1. The van der Waals surface area contributed by atoms with Crippen LogP contribution in [-0.4, -0.2) is 6.54 Å². The Morgan fingerprint density at radius 3 is 2.80 bits per heavy atom. The minimum Gasteiger partial charge on any atom is -0.399 e. The van der Waals surface area contributed by atoms with E-state index in [-0.39, 0.29) is 0 Å². The molecule has 1 fully saturated rings. The first-order valence-electron chi connectivity index (χ1n) is 5.94. The Hall–Kier alpha value is -1.18. The molecule has 1 aromatic rings. The highest BCUT2D eigenvalue weighted by molar-refractivity contribution is 5.53. The molecule has 0 heterocycles. The van der Waals surface area contributed by atoms with Crippen molar-refractivity contribution >= 4 is 11.4 Å². The van der Waals surface area contributed by atoms with Gasteiger partial charge >= 0.3 is 0 Å². The minimum absolute atomic E-state index is 0.834. The number of nitrogens with two attached hydrogens (primary N) is 1. The zero-order chi connectivity index (χ0) is 10.5. The average molecular weight is 204 g/mol. The fraction of sp³-hybridized carbons (Fsp3) is 0.538. The predicted molar refractivity (Wildman–Crippen MR) is 65.9 cm³/mol. The van der Waals surface area contributed by atoms with Crippen LogP contribution in [0.15, 0.2) is 24.3 Å². The van der Waals surface area contributed by atoms with Gasteiger partial charge in [0.15, 0.2) is 0 Å². The van der Waals surface area contributed by atoms with Gasteiger partial charge in [-0.15, -0.1) is 0 Å². The van der Waals surface area contributed by atoms with Crippen LogP contribution in [0.2, 0.25) is 0 Å². The summed E-state index contributed by atoms with van der Waals surface area (Å²) in [5.41, 5.74) is 7.69. The van der Waals surface area contributed by atoms with Crippen LogP contribution < -0.4 is 11.1 Å². The molecule has 0 amide bonds. The highest BCUT2D eigenvalue weighted by Gasteiger charge is 2.13. The van der Waals surface area contributed by atoms with Crippen LogP contribution in [0.3, 0.4) is 0 Å². The maximum absolute atomic E-state index is 5.71. The first kappa shape index (κ1) is 10.3. The lowest BCUT2D eigenvalue weighted by Crippen LogP contribution is -2.06. The second-order valence-corrected chi connectivity index (χ2v) is 4.49. The number of nitrogens with one attached hydrogen (secondary N) is 1. The molecule has 0 bridgehead atoms. The molecule has 2 nitrogen and oxygen atoms in total. The molecule has 0 aliphatic heterocycles. The monoisotopic (exact) mass is 204 g/mol. The molecule has 0 radical (unpaired) electrons. The van der Waals surface area contributed by atoms with E-state index < -0.39 is 0 Å². The number of anilines is 2. The molecule has 0 aromatic heterocycles. The lowest BCUT2D eigenvalue weighted by atomic mass is 10.0. The summed E-state index contributed by atoms with van der Waals surface area (Å²) in [5, 5.41) is 3.43. The third-order valence-electron chi connectivity index (χ3n) is 3.24. The highest BCUT2D eigenvalue weighted by Crippen LogP contribution is 2.27. The van der Waals surface area contributed by atoms with Gasteiger partial charge in [0.25, 0.3) is 0 Å². The van der Waals surface area contributed by atoms with E-state index in [1.165, 1.54) is 32.1 Å². The smallest absolute Gasteiger partial charge is 0.0360 e. The first-order valence-corrected chi connectivity index (χ1v) is 5.94. The Bertz CT molecular complexity index is 303. The SMILES string of the molecule is Nc1cccc(NCCC2CCCC2)c1. The Morgan fingerprint density at radius 2 is 2.07 bits per heavy atom. The summed E-state index contributed by atoms with van der Waals surface area (Å²) < 4.78 is 0. The van der Waals surface area contributed by atoms with E-state index in [0.717, 1.165) is 23.8 Å². The van der Waals surface area contributed by atoms with E-state index in [1.807, 2.05) is 18.2 Å². The topological polar surface area (TPSA) is 38.0 Å². The van der Waals surface area contributed by atoms with Crippen molar-refractivity contribution in [3.05, 3.63) is 24.3 Å². The van der Waals surface area contributed by atoms with E-state index in [0.29, 0.717) is 0 Å². The van der Waals surface area contributed by atoms with E-state index in [4.69, 9.17) is 5.73 Å². The zero-order valence-corrected chi connectivity index (χ0v) is 9.21. The van der Waals surface area contributed by atoms with Crippen LogP contribution >= 0.6 is 0 Å². The summed E-state index contributed by atoms with van der Waals surface area (Å²) >= 11 is 0. The number of rotatable bonds is 4. The van der Waals surface area contributed by atoms with Crippen molar-refractivity contribution in [2.45, 2.75) is 32.1 Å². The van der Waals surface area contributed by atoms with Crippen LogP contribution in [0, 0.1) is 5.92 Å². The van der Waals surface area contributed by atoms with Crippen molar-refractivity contribution in [3.63, 3.8) is 0 Å². The van der Waals surface area contributed by atoms with Gasteiger partial charge in [-0.25, -0.2) is 0 Å².